The van der Waals surface area contributed by atoms with Gasteiger partial charge in [-0.15, -0.1) is 0 Å². The molecule has 0 aliphatic heterocycles. The van der Waals surface area contributed by atoms with Crippen LogP contribution in [0.15, 0.2) is 32.4 Å². The highest BCUT2D eigenvalue weighted by Gasteiger charge is 2.16. The van der Waals surface area contributed by atoms with E-state index >= 15 is 0 Å². The Balaban J connectivity index is 2.39. The van der Waals surface area contributed by atoms with Crippen molar-refractivity contribution in [3.63, 3.8) is 0 Å². The van der Waals surface area contributed by atoms with Crippen LogP contribution in [0.4, 0.5) is 11.5 Å². The van der Waals surface area contributed by atoms with E-state index in [2.05, 4.69) is 10.3 Å². The molecule has 0 bridgehead atoms. The third-order valence-electron chi connectivity index (χ3n) is 3.12. The number of H-pyrrole nitrogens is 1. The average molecular weight is 292 g/mol. The molecular formula is C14H20N4O3. The fourth-order valence-corrected chi connectivity index (χ4v) is 2.10. The van der Waals surface area contributed by atoms with Gasteiger partial charge in [0.1, 0.15) is 17.3 Å². The topological polar surface area (TPSA) is 106 Å². The van der Waals surface area contributed by atoms with Crippen LogP contribution in [0.25, 0.3) is 0 Å². The lowest BCUT2D eigenvalue weighted by Crippen LogP contribution is -2.35. The number of furan rings is 1. The zero-order chi connectivity index (χ0) is 15.6. The number of nitrogen functional groups attached to an aromatic ring is 1. The summed E-state index contributed by atoms with van der Waals surface area (Å²) in [4.78, 5) is 26.1. The Morgan fingerprint density at radius 2 is 2.10 bits per heavy atom. The fourth-order valence-electron chi connectivity index (χ4n) is 2.10. The zero-order valence-electron chi connectivity index (χ0n) is 12.3. The Hall–Kier alpha value is -2.44. The largest absolute Gasteiger partial charge is 0.467 e. The molecule has 0 fully saturated rings. The van der Waals surface area contributed by atoms with Crippen LogP contribution in [-0.4, -0.2) is 9.55 Å². The van der Waals surface area contributed by atoms with Crippen LogP contribution in [-0.2, 0) is 6.54 Å². The summed E-state index contributed by atoms with van der Waals surface area (Å²) in [7, 11) is 0. The van der Waals surface area contributed by atoms with E-state index in [0.717, 1.165) is 0 Å². The molecule has 1 atom stereocenters. The molecule has 0 aliphatic carbocycles. The summed E-state index contributed by atoms with van der Waals surface area (Å²) in [5, 5.41) is 3.00. The number of hydrogen-bond donors (Lipinski definition) is 3. The number of nitrogens with two attached hydrogens (primary N) is 1. The minimum Gasteiger partial charge on any atom is -0.467 e. The van der Waals surface area contributed by atoms with E-state index in [1.165, 1.54) is 4.57 Å². The molecule has 4 N–H and O–H groups in total. The zero-order valence-corrected chi connectivity index (χ0v) is 12.3. The monoisotopic (exact) mass is 292 g/mol. The lowest BCUT2D eigenvalue weighted by molar-refractivity contribution is 0.489. The number of nitrogens with zero attached hydrogens (tertiary/aromatic N) is 1. The smallest absolute Gasteiger partial charge is 0.330 e. The van der Waals surface area contributed by atoms with Crippen molar-refractivity contribution in [2.24, 2.45) is 5.92 Å². The summed E-state index contributed by atoms with van der Waals surface area (Å²) in [6, 6.07) is 3.32. The lowest BCUT2D eigenvalue weighted by atomic mass is 10.2. The van der Waals surface area contributed by atoms with Crippen molar-refractivity contribution < 1.29 is 4.42 Å². The Bertz CT molecular complexity index is 713. The van der Waals surface area contributed by atoms with Crippen molar-refractivity contribution in [1.29, 1.82) is 0 Å². The van der Waals surface area contributed by atoms with E-state index in [9.17, 15) is 9.59 Å². The second kappa shape index (κ2) is 5.90. The maximum Gasteiger partial charge on any atom is 0.330 e. The molecule has 7 nitrogen and oxygen atoms in total. The van der Waals surface area contributed by atoms with Gasteiger partial charge in [0.25, 0.3) is 5.56 Å². The van der Waals surface area contributed by atoms with Crippen LogP contribution in [0.1, 0.15) is 32.6 Å². The molecule has 114 valence electrons. The number of nitrogens with one attached hydrogen (secondary N) is 2. The Kier molecular flexibility index (Phi) is 4.21. The van der Waals surface area contributed by atoms with Crippen LogP contribution >= 0.6 is 0 Å². The van der Waals surface area contributed by atoms with Gasteiger partial charge in [0.15, 0.2) is 0 Å². The van der Waals surface area contributed by atoms with E-state index in [4.69, 9.17) is 10.2 Å². The lowest BCUT2D eigenvalue weighted by Gasteiger charge is -2.17. The molecule has 7 heteroatoms. The molecule has 0 saturated heterocycles. The quantitative estimate of drug-likeness (QED) is 0.775. The van der Waals surface area contributed by atoms with E-state index < -0.39 is 11.2 Å². The summed E-state index contributed by atoms with van der Waals surface area (Å²) in [5.41, 5.74) is 5.14. The number of anilines is 2. The maximum atomic E-state index is 12.0. The van der Waals surface area contributed by atoms with Crippen molar-refractivity contribution >= 4 is 11.5 Å². The van der Waals surface area contributed by atoms with Gasteiger partial charge in [-0.3, -0.25) is 14.3 Å². The van der Waals surface area contributed by atoms with Gasteiger partial charge in [0, 0.05) is 6.54 Å². The van der Waals surface area contributed by atoms with Gasteiger partial charge < -0.3 is 15.5 Å². The fraction of sp³-hybridized carbons (Fsp3) is 0.429. The third-order valence-corrected chi connectivity index (χ3v) is 3.12. The van der Waals surface area contributed by atoms with Gasteiger partial charge in [-0.25, -0.2) is 4.79 Å². The highest BCUT2D eigenvalue weighted by atomic mass is 16.3. The number of aromatic amines is 1. The predicted molar refractivity (Wildman–Crippen MR) is 81.3 cm³/mol. The van der Waals surface area contributed by atoms with Gasteiger partial charge in [0.05, 0.1) is 12.3 Å². The molecule has 0 aliphatic rings. The Morgan fingerprint density at radius 1 is 1.38 bits per heavy atom. The van der Waals surface area contributed by atoms with Gasteiger partial charge in [-0.1, -0.05) is 13.8 Å². The number of rotatable bonds is 5. The molecule has 0 aromatic carbocycles. The molecule has 21 heavy (non-hydrogen) atoms. The van der Waals surface area contributed by atoms with E-state index in [1.54, 1.807) is 18.4 Å². The molecular weight excluding hydrogens is 272 g/mol. The normalized spacial score (nSPS) is 12.6. The van der Waals surface area contributed by atoms with Crippen molar-refractivity contribution in [3.05, 3.63) is 45.0 Å². The standard InChI is InChI=1S/C14H20N4O3/c1-8(2)7-18-12(15)11(13(19)17-14(18)20)16-9(3)10-5-4-6-21-10/h4-6,8-9,16H,7,15H2,1-3H3,(H,17,19,20). The Labute approximate surface area is 121 Å². The summed E-state index contributed by atoms with van der Waals surface area (Å²) in [5.74, 6) is 1.04. The molecule has 0 radical (unpaired) electrons. The SMILES string of the molecule is CC(C)Cn1c(N)c(NC(C)c2ccco2)c(=O)[nH]c1=O. The first kappa shape index (κ1) is 15.0. The Morgan fingerprint density at radius 3 is 2.67 bits per heavy atom. The average Bonchev–Trinajstić information content (AvgIpc) is 2.93. The molecule has 0 amide bonds. The highest BCUT2D eigenvalue weighted by Crippen LogP contribution is 2.20. The molecule has 2 rings (SSSR count). The molecule has 2 aromatic rings. The van der Waals surface area contributed by atoms with Crippen molar-refractivity contribution in [1.82, 2.24) is 9.55 Å². The summed E-state index contributed by atoms with van der Waals surface area (Å²) in [6.07, 6.45) is 1.56. The van der Waals surface area contributed by atoms with Crippen molar-refractivity contribution in [2.45, 2.75) is 33.4 Å². The number of aromatic nitrogens is 2. The first-order chi connectivity index (χ1) is 9.90. The van der Waals surface area contributed by atoms with Crippen LogP contribution < -0.4 is 22.3 Å². The highest BCUT2D eigenvalue weighted by molar-refractivity contribution is 5.61. The molecule has 2 heterocycles. The van der Waals surface area contributed by atoms with Gasteiger partial charge in [-0.2, -0.15) is 0 Å². The summed E-state index contributed by atoms with van der Waals surface area (Å²) >= 11 is 0. The second-order valence-electron chi connectivity index (χ2n) is 5.41. The summed E-state index contributed by atoms with van der Waals surface area (Å²) in [6.45, 7) is 6.21. The van der Waals surface area contributed by atoms with E-state index in [1.807, 2.05) is 20.8 Å². The predicted octanol–water partition coefficient (Wildman–Crippen LogP) is 1.54. The third kappa shape index (κ3) is 3.18. The second-order valence-corrected chi connectivity index (χ2v) is 5.41. The van der Waals surface area contributed by atoms with E-state index in [-0.39, 0.29) is 23.5 Å². The first-order valence-corrected chi connectivity index (χ1v) is 6.82. The molecule has 0 saturated carbocycles. The van der Waals surface area contributed by atoms with Crippen molar-refractivity contribution in [2.75, 3.05) is 11.1 Å². The minimum atomic E-state index is -0.532. The number of hydrogen-bond acceptors (Lipinski definition) is 5. The molecule has 1 unspecified atom stereocenters. The van der Waals surface area contributed by atoms with Crippen LogP contribution in [0.5, 0.6) is 0 Å². The van der Waals surface area contributed by atoms with Crippen LogP contribution in [0, 0.1) is 5.92 Å². The van der Waals surface area contributed by atoms with Crippen molar-refractivity contribution in [3.8, 4) is 0 Å². The molecule has 0 spiro atoms. The summed E-state index contributed by atoms with van der Waals surface area (Å²) < 4.78 is 6.65. The van der Waals surface area contributed by atoms with Gasteiger partial charge >= 0.3 is 5.69 Å². The molecule has 2 aromatic heterocycles. The minimum absolute atomic E-state index is 0.135. The maximum absolute atomic E-state index is 12.0. The van der Waals surface area contributed by atoms with Crippen LogP contribution in [0.3, 0.4) is 0 Å². The van der Waals surface area contributed by atoms with E-state index in [0.29, 0.717) is 12.3 Å². The van der Waals surface area contributed by atoms with Crippen LogP contribution in [0.2, 0.25) is 0 Å². The van der Waals surface area contributed by atoms with Gasteiger partial charge in [0.2, 0.25) is 0 Å². The van der Waals surface area contributed by atoms with Gasteiger partial charge in [-0.05, 0) is 25.0 Å². The first-order valence-electron chi connectivity index (χ1n) is 6.82.